The van der Waals surface area contributed by atoms with Gasteiger partial charge in [-0.3, -0.25) is 14.5 Å². The van der Waals surface area contributed by atoms with Crippen LogP contribution < -0.4 is 4.74 Å². The molecule has 2 amide bonds. The number of fused-ring (bicyclic) bond motifs is 1. The van der Waals surface area contributed by atoms with Gasteiger partial charge in [-0.05, 0) is 30.7 Å². The summed E-state index contributed by atoms with van der Waals surface area (Å²) in [6, 6.07) is 14.5. The molecule has 0 spiro atoms. The predicted octanol–water partition coefficient (Wildman–Crippen LogP) is 2.67. The number of imide groups is 1. The van der Waals surface area contributed by atoms with Gasteiger partial charge in [-0.1, -0.05) is 42.2 Å². The molecule has 0 aromatic heterocycles. The van der Waals surface area contributed by atoms with Crippen molar-refractivity contribution in [2.75, 3.05) is 13.2 Å². The summed E-state index contributed by atoms with van der Waals surface area (Å²) in [5, 5.41) is 0. The maximum Gasteiger partial charge on any atom is 0.262 e. The van der Waals surface area contributed by atoms with E-state index in [1.807, 2.05) is 31.2 Å². The van der Waals surface area contributed by atoms with E-state index < -0.39 is 0 Å². The van der Waals surface area contributed by atoms with Gasteiger partial charge in [0.1, 0.15) is 12.4 Å². The van der Waals surface area contributed by atoms with Gasteiger partial charge in [0, 0.05) is 0 Å². The number of amides is 2. The lowest BCUT2D eigenvalue weighted by Gasteiger charge is -2.08. The maximum atomic E-state index is 12.1. The minimum Gasteiger partial charge on any atom is -0.481 e. The van der Waals surface area contributed by atoms with Crippen LogP contribution in [-0.4, -0.2) is 29.9 Å². The normalized spacial score (nSPS) is 12.7. The van der Waals surface area contributed by atoms with Crippen LogP contribution in [0, 0.1) is 18.8 Å². The third-order valence-corrected chi connectivity index (χ3v) is 3.63. The molecule has 0 radical (unpaired) electrons. The quantitative estimate of drug-likeness (QED) is 0.647. The second-order valence-corrected chi connectivity index (χ2v) is 5.15. The second kappa shape index (κ2) is 6.37. The highest BCUT2D eigenvalue weighted by molar-refractivity contribution is 6.21. The van der Waals surface area contributed by atoms with Crippen LogP contribution in [0.3, 0.4) is 0 Å². The topological polar surface area (TPSA) is 46.6 Å². The van der Waals surface area contributed by atoms with Crippen LogP contribution in [0.5, 0.6) is 5.75 Å². The van der Waals surface area contributed by atoms with Crippen molar-refractivity contribution in [2.24, 2.45) is 0 Å². The number of nitrogens with zero attached hydrogens (tertiary/aromatic N) is 1. The highest BCUT2D eigenvalue weighted by atomic mass is 16.5. The lowest BCUT2D eigenvalue weighted by atomic mass is 10.1. The average Bonchev–Trinajstić information content (AvgIpc) is 2.81. The van der Waals surface area contributed by atoms with E-state index in [2.05, 4.69) is 11.8 Å². The summed E-state index contributed by atoms with van der Waals surface area (Å²) in [4.78, 5) is 25.4. The zero-order chi connectivity index (χ0) is 16.2. The Morgan fingerprint density at radius 3 is 2.17 bits per heavy atom. The first kappa shape index (κ1) is 14.9. The van der Waals surface area contributed by atoms with Gasteiger partial charge in [0.2, 0.25) is 0 Å². The monoisotopic (exact) mass is 305 g/mol. The minimum atomic E-state index is -0.292. The first-order chi connectivity index (χ1) is 11.2. The lowest BCUT2D eigenvalue weighted by molar-refractivity contribution is 0.0675. The summed E-state index contributed by atoms with van der Waals surface area (Å²) in [5.41, 5.74) is 1.92. The third kappa shape index (κ3) is 2.95. The van der Waals surface area contributed by atoms with Crippen molar-refractivity contribution in [3.8, 4) is 17.6 Å². The Morgan fingerprint density at radius 1 is 0.913 bits per heavy atom. The van der Waals surface area contributed by atoms with E-state index in [4.69, 9.17) is 4.74 Å². The van der Waals surface area contributed by atoms with E-state index in [0.717, 1.165) is 16.2 Å². The number of carbonyl (C=O) groups excluding carboxylic acids is 2. The van der Waals surface area contributed by atoms with E-state index in [9.17, 15) is 9.59 Å². The summed E-state index contributed by atoms with van der Waals surface area (Å²) < 4.78 is 5.56. The molecule has 0 fully saturated rings. The zero-order valence-corrected chi connectivity index (χ0v) is 12.7. The summed E-state index contributed by atoms with van der Waals surface area (Å²) >= 11 is 0. The molecule has 114 valence electrons. The molecule has 0 saturated heterocycles. The van der Waals surface area contributed by atoms with E-state index >= 15 is 0 Å². The highest BCUT2D eigenvalue weighted by Gasteiger charge is 2.34. The third-order valence-electron chi connectivity index (χ3n) is 3.63. The number of aryl methyl sites for hydroxylation is 1. The Hall–Kier alpha value is -3.06. The number of ether oxygens (including phenoxy) is 1. The van der Waals surface area contributed by atoms with Crippen LogP contribution in [0.15, 0.2) is 48.5 Å². The molecule has 2 aromatic carbocycles. The highest BCUT2D eigenvalue weighted by Crippen LogP contribution is 2.21. The number of para-hydroxylation sites is 1. The van der Waals surface area contributed by atoms with Crippen molar-refractivity contribution in [1.29, 1.82) is 0 Å². The van der Waals surface area contributed by atoms with E-state index in [0.29, 0.717) is 11.1 Å². The van der Waals surface area contributed by atoms with Crippen LogP contribution in [0.1, 0.15) is 26.3 Å². The van der Waals surface area contributed by atoms with Crippen molar-refractivity contribution in [3.05, 3.63) is 65.2 Å². The first-order valence-corrected chi connectivity index (χ1v) is 7.28. The molecule has 0 aliphatic carbocycles. The van der Waals surface area contributed by atoms with Crippen molar-refractivity contribution in [1.82, 2.24) is 4.90 Å². The van der Waals surface area contributed by atoms with Crippen molar-refractivity contribution in [3.63, 3.8) is 0 Å². The van der Waals surface area contributed by atoms with Gasteiger partial charge in [-0.15, -0.1) is 0 Å². The number of carbonyl (C=O) groups is 2. The molecule has 1 heterocycles. The zero-order valence-electron chi connectivity index (χ0n) is 12.7. The number of rotatable bonds is 3. The SMILES string of the molecule is Cc1ccccc1OCC#CCN1C(=O)c2ccccc2C1=O. The second-order valence-electron chi connectivity index (χ2n) is 5.15. The molecule has 0 unspecified atom stereocenters. The average molecular weight is 305 g/mol. The Labute approximate surface area is 134 Å². The summed E-state index contributed by atoms with van der Waals surface area (Å²) in [7, 11) is 0. The Morgan fingerprint density at radius 2 is 1.52 bits per heavy atom. The van der Waals surface area contributed by atoms with Gasteiger partial charge in [-0.2, -0.15) is 0 Å². The number of hydrogen-bond donors (Lipinski definition) is 0. The van der Waals surface area contributed by atoms with Crippen LogP contribution in [-0.2, 0) is 0 Å². The molecule has 0 bridgehead atoms. The van der Waals surface area contributed by atoms with Crippen molar-refractivity contribution >= 4 is 11.8 Å². The molecule has 2 aromatic rings. The van der Waals surface area contributed by atoms with E-state index in [-0.39, 0.29) is 25.0 Å². The fraction of sp³-hybridized carbons (Fsp3) is 0.158. The van der Waals surface area contributed by atoms with E-state index in [1.54, 1.807) is 24.3 Å². The van der Waals surface area contributed by atoms with Gasteiger partial charge in [0.25, 0.3) is 11.8 Å². The molecular formula is C19H15NO3. The van der Waals surface area contributed by atoms with Crippen LogP contribution >= 0.6 is 0 Å². The largest absolute Gasteiger partial charge is 0.481 e. The molecule has 4 nitrogen and oxygen atoms in total. The lowest BCUT2D eigenvalue weighted by Crippen LogP contribution is -2.30. The van der Waals surface area contributed by atoms with Gasteiger partial charge < -0.3 is 4.74 Å². The molecule has 0 saturated carbocycles. The fourth-order valence-electron chi connectivity index (χ4n) is 2.40. The van der Waals surface area contributed by atoms with Gasteiger partial charge >= 0.3 is 0 Å². The molecule has 0 atom stereocenters. The summed E-state index contributed by atoms with van der Waals surface area (Å²) in [5.74, 6) is 5.86. The molecule has 0 N–H and O–H groups in total. The molecule has 23 heavy (non-hydrogen) atoms. The molecule has 3 rings (SSSR count). The Kier molecular flexibility index (Phi) is 4.11. The summed E-state index contributed by atoms with van der Waals surface area (Å²) in [6.07, 6.45) is 0. The van der Waals surface area contributed by atoms with Crippen LogP contribution in [0.2, 0.25) is 0 Å². The fourth-order valence-corrected chi connectivity index (χ4v) is 2.40. The maximum absolute atomic E-state index is 12.1. The standard InChI is InChI=1S/C19H15NO3/c1-14-8-2-5-11-17(14)23-13-7-6-12-20-18(21)15-9-3-4-10-16(15)19(20)22/h2-5,8-11H,12-13H2,1H3. The Bertz CT molecular complexity index is 795. The van der Waals surface area contributed by atoms with E-state index in [1.165, 1.54) is 0 Å². The summed E-state index contributed by atoms with van der Waals surface area (Å²) in [6.45, 7) is 2.25. The molecule has 1 aliphatic heterocycles. The van der Waals surface area contributed by atoms with Gasteiger partial charge in [0.05, 0.1) is 17.7 Å². The van der Waals surface area contributed by atoms with Crippen LogP contribution in [0.25, 0.3) is 0 Å². The molecule has 4 heteroatoms. The molecular weight excluding hydrogens is 290 g/mol. The first-order valence-electron chi connectivity index (χ1n) is 7.28. The van der Waals surface area contributed by atoms with Gasteiger partial charge in [-0.25, -0.2) is 0 Å². The predicted molar refractivity (Wildman–Crippen MR) is 86.3 cm³/mol. The Balaban J connectivity index is 1.59. The van der Waals surface area contributed by atoms with Crippen molar-refractivity contribution < 1.29 is 14.3 Å². The van der Waals surface area contributed by atoms with Crippen LogP contribution in [0.4, 0.5) is 0 Å². The number of benzene rings is 2. The molecule has 1 aliphatic rings. The minimum absolute atomic E-state index is 0.0729. The number of hydrogen-bond acceptors (Lipinski definition) is 3. The smallest absolute Gasteiger partial charge is 0.262 e. The van der Waals surface area contributed by atoms with Gasteiger partial charge in [0.15, 0.2) is 0 Å². The van der Waals surface area contributed by atoms with Crippen molar-refractivity contribution in [2.45, 2.75) is 6.92 Å².